The highest BCUT2D eigenvalue weighted by Gasteiger charge is 2.29. The standard InChI is InChI=1S/C23H19BrFN3O2/c1-14(2)13-28-21(7-6-15-4-3-5-16(8-15)12-26)27-20(23(28)30)11-17-9-18(24)22(29)19(25)10-17/h3-11,14,29H,13H2,1-2H3/b7-6+,20-11-. The normalized spacial score (nSPS) is 15.3. The Labute approximate surface area is 182 Å². The molecule has 0 atom stereocenters. The van der Waals surface area contributed by atoms with Crippen LogP contribution in [0.3, 0.4) is 0 Å². The second-order valence-electron chi connectivity index (χ2n) is 7.21. The van der Waals surface area contributed by atoms with Gasteiger partial charge in [-0.2, -0.15) is 5.26 Å². The van der Waals surface area contributed by atoms with Gasteiger partial charge in [-0.15, -0.1) is 0 Å². The van der Waals surface area contributed by atoms with E-state index in [2.05, 4.69) is 27.0 Å². The van der Waals surface area contributed by atoms with Crippen molar-refractivity contribution in [1.29, 1.82) is 5.26 Å². The number of aliphatic imine (C=N–C) groups is 1. The molecule has 1 amide bonds. The number of benzene rings is 2. The molecule has 0 bridgehead atoms. The van der Waals surface area contributed by atoms with Crippen molar-refractivity contribution in [2.24, 2.45) is 10.9 Å². The van der Waals surface area contributed by atoms with Crippen molar-refractivity contribution >= 4 is 39.8 Å². The molecule has 0 fully saturated rings. The Hall–Kier alpha value is -3.24. The van der Waals surface area contributed by atoms with Gasteiger partial charge in [0.2, 0.25) is 0 Å². The maximum absolute atomic E-state index is 13.8. The molecule has 30 heavy (non-hydrogen) atoms. The van der Waals surface area contributed by atoms with Crippen LogP contribution in [0.1, 0.15) is 30.5 Å². The molecule has 152 valence electrons. The number of amides is 1. The summed E-state index contributed by atoms with van der Waals surface area (Å²) in [6.45, 7) is 4.48. The van der Waals surface area contributed by atoms with Crippen molar-refractivity contribution in [2.45, 2.75) is 13.8 Å². The van der Waals surface area contributed by atoms with Crippen molar-refractivity contribution in [3.05, 3.63) is 75.2 Å². The van der Waals surface area contributed by atoms with E-state index in [0.29, 0.717) is 23.5 Å². The number of hydrogen-bond acceptors (Lipinski definition) is 4. The Morgan fingerprint density at radius 2 is 2.03 bits per heavy atom. The number of phenols is 1. The first-order valence-corrected chi connectivity index (χ1v) is 10.1. The number of nitrogens with zero attached hydrogens (tertiary/aromatic N) is 3. The highest BCUT2D eigenvalue weighted by molar-refractivity contribution is 9.10. The molecular formula is C23H19BrFN3O2. The second kappa shape index (κ2) is 9.06. The van der Waals surface area contributed by atoms with E-state index in [0.717, 1.165) is 11.6 Å². The predicted molar refractivity (Wildman–Crippen MR) is 118 cm³/mol. The zero-order valence-electron chi connectivity index (χ0n) is 16.4. The molecule has 0 radical (unpaired) electrons. The lowest BCUT2D eigenvalue weighted by Crippen LogP contribution is -2.34. The summed E-state index contributed by atoms with van der Waals surface area (Å²) in [5.41, 5.74) is 1.94. The highest BCUT2D eigenvalue weighted by atomic mass is 79.9. The number of aromatic hydroxyl groups is 1. The van der Waals surface area contributed by atoms with E-state index in [4.69, 9.17) is 5.26 Å². The molecule has 0 aromatic heterocycles. The van der Waals surface area contributed by atoms with Gasteiger partial charge in [0.1, 0.15) is 11.5 Å². The fourth-order valence-electron chi connectivity index (χ4n) is 2.95. The van der Waals surface area contributed by atoms with Crippen molar-refractivity contribution in [2.75, 3.05) is 6.54 Å². The van der Waals surface area contributed by atoms with Gasteiger partial charge >= 0.3 is 0 Å². The van der Waals surface area contributed by atoms with Gasteiger partial charge in [0.05, 0.1) is 16.1 Å². The minimum Gasteiger partial charge on any atom is -0.504 e. The zero-order chi connectivity index (χ0) is 21.8. The van der Waals surface area contributed by atoms with Crippen LogP contribution in [0.25, 0.3) is 12.2 Å². The van der Waals surface area contributed by atoms with E-state index in [9.17, 15) is 14.3 Å². The van der Waals surface area contributed by atoms with E-state index < -0.39 is 11.6 Å². The fraction of sp³-hybridized carbons (Fsp3) is 0.174. The first-order chi connectivity index (χ1) is 14.3. The number of halogens is 2. The van der Waals surface area contributed by atoms with Gasteiger partial charge < -0.3 is 5.11 Å². The second-order valence-corrected chi connectivity index (χ2v) is 8.07. The van der Waals surface area contributed by atoms with Crippen LogP contribution in [0.5, 0.6) is 5.75 Å². The van der Waals surface area contributed by atoms with Gasteiger partial charge in [-0.3, -0.25) is 9.69 Å². The Kier molecular flexibility index (Phi) is 6.48. The molecule has 0 unspecified atom stereocenters. The van der Waals surface area contributed by atoms with Gasteiger partial charge in [0.25, 0.3) is 5.91 Å². The first-order valence-electron chi connectivity index (χ1n) is 9.27. The summed E-state index contributed by atoms with van der Waals surface area (Å²) in [6, 6.07) is 11.9. The van der Waals surface area contributed by atoms with Gasteiger partial charge in [-0.05, 0) is 69.4 Å². The lowest BCUT2D eigenvalue weighted by atomic mass is 10.1. The quantitative estimate of drug-likeness (QED) is 0.620. The maximum atomic E-state index is 13.8. The molecule has 1 aliphatic rings. The third kappa shape index (κ3) is 4.84. The van der Waals surface area contributed by atoms with Crippen LogP contribution >= 0.6 is 15.9 Å². The van der Waals surface area contributed by atoms with Crippen LogP contribution in [-0.4, -0.2) is 28.3 Å². The number of nitriles is 1. The van der Waals surface area contributed by atoms with E-state index >= 15 is 0 Å². The molecule has 3 rings (SSSR count). The van der Waals surface area contributed by atoms with Crippen LogP contribution in [-0.2, 0) is 4.79 Å². The van der Waals surface area contributed by atoms with E-state index in [1.807, 2.05) is 19.9 Å². The summed E-state index contributed by atoms with van der Waals surface area (Å²) in [5, 5.41) is 18.6. The first kappa shape index (κ1) is 21.5. The van der Waals surface area contributed by atoms with Gasteiger partial charge in [-0.1, -0.05) is 32.1 Å². The molecule has 1 heterocycles. The summed E-state index contributed by atoms with van der Waals surface area (Å²) in [6.07, 6.45) is 5.01. The topological polar surface area (TPSA) is 76.7 Å². The Bertz CT molecular complexity index is 1110. The minimum atomic E-state index is -0.790. The smallest absolute Gasteiger partial charge is 0.278 e. The van der Waals surface area contributed by atoms with Gasteiger partial charge in [0.15, 0.2) is 11.6 Å². The van der Waals surface area contributed by atoms with Crippen molar-refractivity contribution < 1.29 is 14.3 Å². The van der Waals surface area contributed by atoms with Crippen LogP contribution in [0.4, 0.5) is 4.39 Å². The number of carbonyl (C=O) groups excluding carboxylic acids is 1. The summed E-state index contributed by atoms with van der Waals surface area (Å²) in [5.74, 6) is -0.862. The van der Waals surface area contributed by atoms with Crippen LogP contribution in [0, 0.1) is 23.1 Å². The number of rotatable bonds is 5. The number of amidine groups is 1. The average Bonchev–Trinajstić information content (AvgIpc) is 2.99. The molecule has 7 heteroatoms. The minimum absolute atomic E-state index is 0.179. The van der Waals surface area contributed by atoms with E-state index in [1.54, 1.807) is 35.3 Å². The maximum Gasteiger partial charge on any atom is 0.278 e. The largest absolute Gasteiger partial charge is 0.504 e. The lowest BCUT2D eigenvalue weighted by molar-refractivity contribution is -0.122. The Balaban J connectivity index is 1.97. The number of phenolic OH excluding ortho intramolecular Hbond substituents is 1. The molecule has 1 aliphatic heterocycles. The molecule has 0 saturated heterocycles. The van der Waals surface area contributed by atoms with E-state index in [-0.39, 0.29) is 22.0 Å². The van der Waals surface area contributed by atoms with Gasteiger partial charge in [-0.25, -0.2) is 9.38 Å². The zero-order valence-corrected chi connectivity index (χ0v) is 18.0. The molecule has 0 spiro atoms. The number of carbonyl (C=O) groups is 1. The summed E-state index contributed by atoms with van der Waals surface area (Å²) in [4.78, 5) is 18.9. The third-order valence-corrected chi connectivity index (χ3v) is 4.91. The third-order valence-electron chi connectivity index (χ3n) is 4.31. The molecule has 0 aliphatic carbocycles. The highest BCUT2D eigenvalue weighted by Crippen LogP contribution is 2.30. The van der Waals surface area contributed by atoms with Crippen LogP contribution < -0.4 is 0 Å². The summed E-state index contributed by atoms with van der Waals surface area (Å²) in [7, 11) is 0. The van der Waals surface area contributed by atoms with Crippen LogP contribution in [0.15, 0.2) is 57.6 Å². The average molecular weight is 468 g/mol. The Morgan fingerprint density at radius 3 is 2.70 bits per heavy atom. The summed E-state index contributed by atoms with van der Waals surface area (Å²) >= 11 is 3.10. The van der Waals surface area contributed by atoms with Crippen molar-refractivity contribution in [1.82, 2.24) is 4.90 Å². The van der Waals surface area contributed by atoms with E-state index in [1.165, 1.54) is 12.1 Å². The lowest BCUT2D eigenvalue weighted by Gasteiger charge is -2.18. The number of hydrogen-bond donors (Lipinski definition) is 1. The molecule has 2 aromatic carbocycles. The summed E-state index contributed by atoms with van der Waals surface area (Å²) < 4.78 is 14.0. The molecule has 0 saturated carbocycles. The Morgan fingerprint density at radius 1 is 1.27 bits per heavy atom. The molecule has 2 aromatic rings. The van der Waals surface area contributed by atoms with Crippen molar-refractivity contribution in [3.8, 4) is 11.8 Å². The van der Waals surface area contributed by atoms with Crippen LogP contribution in [0.2, 0.25) is 0 Å². The fourth-order valence-corrected chi connectivity index (χ4v) is 3.40. The molecular weight excluding hydrogens is 449 g/mol. The SMILES string of the molecule is CC(C)CN1C(=O)/C(=C/c2cc(F)c(O)c(Br)c2)N=C1/C=C/c1cccc(C#N)c1. The van der Waals surface area contributed by atoms with Crippen molar-refractivity contribution in [3.63, 3.8) is 0 Å². The molecule has 1 N–H and O–H groups in total. The molecule has 5 nitrogen and oxygen atoms in total. The van der Waals surface area contributed by atoms with Gasteiger partial charge in [0, 0.05) is 6.54 Å². The predicted octanol–water partition coefficient (Wildman–Crippen LogP) is 5.12. The monoisotopic (exact) mass is 467 g/mol.